The second-order valence-electron chi connectivity index (χ2n) is 5.13. The molecule has 1 aliphatic rings. The summed E-state index contributed by atoms with van der Waals surface area (Å²) in [6.07, 6.45) is 5.08. The summed E-state index contributed by atoms with van der Waals surface area (Å²) in [6, 6.07) is 6.03. The van der Waals surface area contributed by atoms with Crippen molar-refractivity contribution in [3.05, 3.63) is 29.3 Å². The van der Waals surface area contributed by atoms with Gasteiger partial charge in [-0.25, -0.2) is 0 Å². The molecule has 1 aliphatic heterocycles. The normalized spacial score (nSPS) is 20.8. The number of nitrogen functional groups attached to an aromatic ring is 1. The van der Waals surface area contributed by atoms with Crippen LogP contribution in [0.4, 0.5) is 5.69 Å². The average molecular weight is 245 g/mol. The predicted octanol–water partition coefficient (Wildman–Crippen LogP) is 2.86. The summed E-state index contributed by atoms with van der Waals surface area (Å²) in [5.74, 6) is 0.533. The Morgan fingerprint density at radius 3 is 3.06 bits per heavy atom. The van der Waals surface area contributed by atoms with Crippen LogP contribution in [0.15, 0.2) is 18.2 Å². The van der Waals surface area contributed by atoms with E-state index in [2.05, 4.69) is 17.9 Å². The maximum absolute atomic E-state index is 7.56. The van der Waals surface area contributed by atoms with Gasteiger partial charge in [0, 0.05) is 24.0 Å². The van der Waals surface area contributed by atoms with E-state index in [1.807, 2.05) is 12.1 Å². The van der Waals surface area contributed by atoms with E-state index in [1.54, 1.807) is 0 Å². The first-order chi connectivity index (χ1) is 8.76. The zero-order valence-electron chi connectivity index (χ0n) is 11.2. The SMILES string of the molecule is CCCN1CCCC(c2cccc(N)c2C=N)C1. The molecule has 3 N–H and O–H groups in total. The highest BCUT2D eigenvalue weighted by Gasteiger charge is 2.22. The molecule has 0 radical (unpaired) electrons. The molecular weight excluding hydrogens is 222 g/mol. The van der Waals surface area contributed by atoms with Crippen LogP contribution in [-0.4, -0.2) is 30.7 Å². The number of benzene rings is 1. The summed E-state index contributed by atoms with van der Waals surface area (Å²) < 4.78 is 0. The average Bonchev–Trinajstić information content (AvgIpc) is 2.39. The molecule has 0 spiro atoms. The number of hydrogen-bond acceptors (Lipinski definition) is 3. The molecule has 1 atom stereocenters. The van der Waals surface area contributed by atoms with E-state index in [4.69, 9.17) is 11.1 Å². The van der Waals surface area contributed by atoms with Crippen LogP contribution in [0.3, 0.4) is 0 Å². The van der Waals surface area contributed by atoms with Gasteiger partial charge in [-0.1, -0.05) is 19.1 Å². The van der Waals surface area contributed by atoms with Crippen molar-refractivity contribution in [3.63, 3.8) is 0 Å². The van der Waals surface area contributed by atoms with Gasteiger partial charge < -0.3 is 16.0 Å². The largest absolute Gasteiger partial charge is 0.398 e. The third-order valence-corrected chi connectivity index (χ3v) is 3.80. The molecule has 2 rings (SSSR count). The fourth-order valence-corrected chi connectivity index (χ4v) is 2.95. The summed E-state index contributed by atoms with van der Waals surface area (Å²) in [5.41, 5.74) is 8.87. The molecule has 0 saturated carbocycles. The van der Waals surface area contributed by atoms with Gasteiger partial charge in [-0.2, -0.15) is 0 Å². The summed E-state index contributed by atoms with van der Waals surface area (Å²) in [5, 5.41) is 7.56. The zero-order valence-corrected chi connectivity index (χ0v) is 11.2. The first-order valence-electron chi connectivity index (χ1n) is 6.87. The molecule has 98 valence electrons. The molecule has 3 heteroatoms. The summed E-state index contributed by atoms with van der Waals surface area (Å²) >= 11 is 0. The van der Waals surface area contributed by atoms with Gasteiger partial charge in [0.2, 0.25) is 0 Å². The van der Waals surface area contributed by atoms with Crippen molar-refractivity contribution in [3.8, 4) is 0 Å². The highest BCUT2D eigenvalue weighted by molar-refractivity contribution is 5.87. The summed E-state index contributed by atoms with van der Waals surface area (Å²) in [4.78, 5) is 2.53. The molecule has 1 aromatic rings. The smallest absolute Gasteiger partial charge is 0.0405 e. The fraction of sp³-hybridized carbons (Fsp3) is 0.533. The third kappa shape index (κ3) is 2.72. The number of anilines is 1. The van der Waals surface area contributed by atoms with Crippen LogP contribution in [0.5, 0.6) is 0 Å². The highest BCUT2D eigenvalue weighted by atomic mass is 15.1. The lowest BCUT2D eigenvalue weighted by Crippen LogP contribution is -2.35. The maximum Gasteiger partial charge on any atom is 0.0405 e. The third-order valence-electron chi connectivity index (χ3n) is 3.80. The van der Waals surface area contributed by atoms with Crippen LogP contribution >= 0.6 is 0 Å². The molecule has 1 unspecified atom stereocenters. The molecule has 1 heterocycles. The van der Waals surface area contributed by atoms with E-state index in [0.717, 1.165) is 17.8 Å². The molecule has 1 saturated heterocycles. The Morgan fingerprint density at radius 2 is 2.33 bits per heavy atom. The minimum atomic E-state index is 0.533. The van der Waals surface area contributed by atoms with Crippen LogP contribution in [0, 0.1) is 5.41 Å². The van der Waals surface area contributed by atoms with Gasteiger partial charge in [-0.3, -0.25) is 0 Å². The van der Waals surface area contributed by atoms with Gasteiger partial charge in [-0.05, 0) is 49.9 Å². The standard InChI is InChI=1S/C15H23N3/c1-2-8-18-9-4-5-12(11-18)13-6-3-7-15(17)14(13)10-16/h3,6-7,10,12,16H,2,4-5,8-9,11,17H2,1H3. The van der Waals surface area contributed by atoms with E-state index >= 15 is 0 Å². The quantitative estimate of drug-likeness (QED) is 0.633. The molecule has 1 aromatic carbocycles. The summed E-state index contributed by atoms with van der Waals surface area (Å²) in [7, 11) is 0. The van der Waals surface area contributed by atoms with Gasteiger partial charge in [-0.15, -0.1) is 0 Å². The minimum Gasteiger partial charge on any atom is -0.398 e. The first-order valence-corrected chi connectivity index (χ1v) is 6.87. The number of piperidine rings is 1. The lowest BCUT2D eigenvalue weighted by molar-refractivity contribution is 0.208. The number of hydrogen-bond donors (Lipinski definition) is 2. The Balaban J connectivity index is 2.20. The molecule has 18 heavy (non-hydrogen) atoms. The molecule has 0 aromatic heterocycles. The highest BCUT2D eigenvalue weighted by Crippen LogP contribution is 2.30. The van der Waals surface area contributed by atoms with E-state index in [1.165, 1.54) is 44.1 Å². The Kier molecular flexibility index (Phi) is 4.37. The number of rotatable bonds is 4. The van der Waals surface area contributed by atoms with E-state index in [0.29, 0.717) is 5.92 Å². The van der Waals surface area contributed by atoms with Gasteiger partial charge in [0.05, 0.1) is 0 Å². The molecular formula is C15H23N3. The lowest BCUT2D eigenvalue weighted by atomic mass is 9.87. The van der Waals surface area contributed by atoms with Crippen LogP contribution in [0.25, 0.3) is 0 Å². The van der Waals surface area contributed by atoms with Crippen molar-refractivity contribution in [2.45, 2.75) is 32.1 Å². The maximum atomic E-state index is 7.56. The lowest BCUT2D eigenvalue weighted by Gasteiger charge is -2.33. The fourth-order valence-electron chi connectivity index (χ4n) is 2.95. The second kappa shape index (κ2) is 6.01. The van der Waals surface area contributed by atoms with Crippen molar-refractivity contribution in [1.82, 2.24) is 4.90 Å². The van der Waals surface area contributed by atoms with Gasteiger partial charge in [0.15, 0.2) is 0 Å². The van der Waals surface area contributed by atoms with Gasteiger partial charge in [0.1, 0.15) is 0 Å². The molecule has 0 bridgehead atoms. The number of nitrogens with one attached hydrogen (secondary N) is 1. The van der Waals surface area contributed by atoms with E-state index < -0.39 is 0 Å². The number of likely N-dealkylation sites (tertiary alicyclic amines) is 1. The topological polar surface area (TPSA) is 53.1 Å². The van der Waals surface area contributed by atoms with E-state index in [9.17, 15) is 0 Å². The van der Waals surface area contributed by atoms with E-state index in [-0.39, 0.29) is 0 Å². The summed E-state index contributed by atoms with van der Waals surface area (Å²) in [6.45, 7) is 5.73. The Bertz CT molecular complexity index is 412. The number of nitrogens with zero attached hydrogens (tertiary/aromatic N) is 1. The molecule has 1 fully saturated rings. The van der Waals surface area contributed by atoms with Crippen LogP contribution in [0.1, 0.15) is 43.2 Å². The van der Waals surface area contributed by atoms with Crippen molar-refractivity contribution in [1.29, 1.82) is 5.41 Å². The predicted molar refractivity (Wildman–Crippen MR) is 77.4 cm³/mol. The first kappa shape index (κ1) is 13.1. The molecule has 3 nitrogen and oxygen atoms in total. The van der Waals surface area contributed by atoms with Gasteiger partial charge in [0.25, 0.3) is 0 Å². The second-order valence-corrected chi connectivity index (χ2v) is 5.13. The van der Waals surface area contributed by atoms with Crippen molar-refractivity contribution < 1.29 is 0 Å². The van der Waals surface area contributed by atoms with Crippen LogP contribution in [-0.2, 0) is 0 Å². The zero-order chi connectivity index (χ0) is 13.0. The van der Waals surface area contributed by atoms with Crippen LogP contribution in [0.2, 0.25) is 0 Å². The van der Waals surface area contributed by atoms with Crippen LogP contribution < -0.4 is 5.73 Å². The number of nitrogens with two attached hydrogens (primary N) is 1. The van der Waals surface area contributed by atoms with Crippen molar-refractivity contribution >= 4 is 11.9 Å². The van der Waals surface area contributed by atoms with Crippen molar-refractivity contribution in [2.24, 2.45) is 0 Å². The van der Waals surface area contributed by atoms with Gasteiger partial charge >= 0.3 is 0 Å². The minimum absolute atomic E-state index is 0.533. The molecule has 0 aliphatic carbocycles. The Labute approximate surface area is 109 Å². The molecule has 0 amide bonds. The Hall–Kier alpha value is -1.35. The Morgan fingerprint density at radius 1 is 1.50 bits per heavy atom. The van der Waals surface area contributed by atoms with Crippen molar-refractivity contribution in [2.75, 3.05) is 25.4 Å². The monoisotopic (exact) mass is 245 g/mol.